The van der Waals surface area contributed by atoms with Crippen LogP contribution in [0.5, 0.6) is 0 Å². The molecule has 0 aliphatic carbocycles. The van der Waals surface area contributed by atoms with Gasteiger partial charge in [0.2, 0.25) is 5.91 Å². The number of aromatic nitrogens is 2. The van der Waals surface area contributed by atoms with Crippen molar-refractivity contribution in [2.75, 3.05) is 5.32 Å². The number of anilines is 1. The summed E-state index contributed by atoms with van der Waals surface area (Å²) < 4.78 is 0. The third-order valence-electron chi connectivity index (χ3n) is 2.00. The maximum absolute atomic E-state index is 10.8. The predicted octanol–water partition coefficient (Wildman–Crippen LogP) is 2.69. The smallest absolute Gasteiger partial charge is 0.222 e. The third-order valence-corrected chi connectivity index (χ3v) is 2.26. The average Bonchev–Trinajstić information content (AvgIpc) is 2.66. The fourth-order valence-corrected chi connectivity index (χ4v) is 1.45. The summed E-state index contributed by atoms with van der Waals surface area (Å²) in [6.45, 7) is 1.45. The SMILES string of the molecule is CC(=O)Nc1cnc(-c2ccc(Cl)cc2)[nH]1. The van der Waals surface area contributed by atoms with Gasteiger partial charge in [0.1, 0.15) is 11.6 Å². The molecule has 0 bridgehead atoms. The number of rotatable bonds is 2. The molecule has 2 rings (SSSR count). The van der Waals surface area contributed by atoms with Crippen molar-refractivity contribution in [3.8, 4) is 11.4 Å². The van der Waals surface area contributed by atoms with E-state index in [1.165, 1.54) is 6.92 Å². The van der Waals surface area contributed by atoms with Crippen molar-refractivity contribution in [2.24, 2.45) is 0 Å². The van der Waals surface area contributed by atoms with Crippen LogP contribution in [-0.4, -0.2) is 15.9 Å². The molecule has 2 aromatic rings. The molecule has 4 nitrogen and oxygen atoms in total. The number of carbonyl (C=O) groups is 1. The van der Waals surface area contributed by atoms with Crippen molar-refractivity contribution in [3.63, 3.8) is 0 Å². The second kappa shape index (κ2) is 4.37. The first-order chi connectivity index (χ1) is 7.65. The molecule has 0 radical (unpaired) electrons. The summed E-state index contributed by atoms with van der Waals surface area (Å²) in [5, 5.41) is 3.30. The Morgan fingerprint density at radius 2 is 2.06 bits per heavy atom. The van der Waals surface area contributed by atoms with Crippen LogP contribution in [0.4, 0.5) is 5.82 Å². The zero-order valence-corrected chi connectivity index (χ0v) is 9.38. The van der Waals surface area contributed by atoms with E-state index in [1.807, 2.05) is 12.1 Å². The van der Waals surface area contributed by atoms with Crippen molar-refractivity contribution in [3.05, 3.63) is 35.5 Å². The molecule has 16 heavy (non-hydrogen) atoms. The van der Waals surface area contributed by atoms with Gasteiger partial charge in [-0.2, -0.15) is 0 Å². The van der Waals surface area contributed by atoms with E-state index in [0.29, 0.717) is 16.7 Å². The molecule has 2 N–H and O–H groups in total. The Bertz CT molecular complexity index is 504. The highest BCUT2D eigenvalue weighted by Gasteiger charge is 2.03. The molecule has 0 saturated heterocycles. The summed E-state index contributed by atoms with van der Waals surface area (Å²) >= 11 is 5.79. The zero-order chi connectivity index (χ0) is 11.5. The Hall–Kier alpha value is -1.81. The molecule has 0 aliphatic rings. The summed E-state index contributed by atoms with van der Waals surface area (Å²) in [4.78, 5) is 18.0. The molecule has 0 aliphatic heterocycles. The highest BCUT2D eigenvalue weighted by molar-refractivity contribution is 6.30. The fraction of sp³-hybridized carbons (Fsp3) is 0.0909. The van der Waals surface area contributed by atoms with Crippen LogP contribution in [-0.2, 0) is 4.79 Å². The van der Waals surface area contributed by atoms with E-state index in [-0.39, 0.29) is 5.91 Å². The van der Waals surface area contributed by atoms with Crippen molar-refractivity contribution in [2.45, 2.75) is 6.92 Å². The number of carbonyl (C=O) groups excluding carboxylic acids is 1. The molecule has 1 heterocycles. The first kappa shape index (κ1) is 10.7. The van der Waals surface area contributed by atoms with Gasteiger partial charge in [0.05, 0.1) is 6.20 Å². The third kappa shape index (κ3) is 2.41. The Morgan fingerprint density at radius 3 is 2.69 bits per heavy atom. The summed E-state index contributed by atoms with van der Waals surface area (Å²) in [6.07, 6.45) is 1.57. The van der Waals surface area contributed by atoms with Crippen LogP contribution >= 0.6 is 11.6 Å². The van der Waals surface area contributed by atoms with Crippen molar-refractivity contribution < 1.29 is 4.79 Å². The Balaban J connectivity index is 2.24. The number of nitrogens with zero attached hydrogens (tertiary/aromatic N) is 1. The van der Waals surface area contributed by atoms with E-state index >= 15 is 0 Å². The van der Waals surface area contributed by atoms with Gasteiger partial charge in [-0.25, -0.2) is 4.98 Å². The van der Waals surface area contributed by atoms with Crippen molar-refractivity contribution in [1.29, 1.82) is 0 Å². The second-order valence-electron chi connectivity index (χ2n) is 3.33. The van der Waals surface area contributed by atoms with Gasteiger partial charge >= 0.3 is 0 Å². The van der Waals surface area contributed by atoms with Crippen LogP contribution in [0.3, 0.4) is 0 Å². The van der Waals surface area contributed by atoms with Gasteiger partial charge in [-0.3, -0.25) is 4.79 Å². The Kier molecular flexibility index (Phi) is 2.92. The van der Waals surface area contributed by atoms with E-state index in [0.717, 1.165) is 5.56 Å². The summed E-state index contributed by atoms with van der Waals surface area (Å²) in [5.74, 6) is 1.14. The van der Waals surface area contributed by atoms with Gasteiger partial charge in [-0.15, -0.1) is 0 Å². The normalized spacial score (nSPS) is 10.1. The number of benzene rings is 1. The topological polar surface area (TPSA) is 57.8 Å². The number of H-pyrrole nitrogens is 1. The number of aromatic amines is 1. The van der Waals surface area contributed by atoms with Gasteiger partial charge in [-0.1, -0.05) is 11.6 Å². The molecule has 0 saturated carbocycles. The van der Waals surface area contributed by atoms with Crippen LogP contribution < -0.4 is 5.32 Å². The highest BCUT2D eigenvalue weighted by Crippen LogP contribution is 2.19. The number of nitrogens with one attached hydrogen (secondary N) is 2. The quantitative estimate of drug-likeness (QED) is 0.841. The molecule has 0 atom stereocenters. The standard InChI is InChI=1S/C11H10ClN3O/c1-7(16)14-10-6-13-11(15-10)8-2-4-9(12)5-3-8/h2-6H,1H3,(H,13,15)(H,14,16). The molecule has 5 heteroatoms. The maximum Gasteiger partial charge on any atom is 0.222 e. The van der Waals surface area contributed by atoms with Crippen molar-refractivity contribution >= 4 is 23.3 Å². The summed E-state index contributed by atoms with van der Waals surface area (Å²) in [5.41, 5.74) is 0.918. The first-order valence-corrected chi connectivity index (χ1v) is 5.11. The molecule has 1 aromatic heterocycles. The van der Waals surface area contributed by atoms with Crippen LogP contribution in [0.15, 0.2) is 30.5 Å². The number of amides is 1. The lowest BCUT2D eigenvalue weighted by Gasteiger charge is -1.97. The number of imidazole rings is 1. The van der Waals surface area contributed by atoms with Crippen LogP contribution in [0.1, 0.15) is 6.92 Å². The Morgan fingerprint density at radius 1 is 1.38 bits per heavy atom. The highest BCUT2D eigenvalue weighted by atomic mass is 35.5. The number of halogens is 1. The maximum atomic E-state index is 10.8. The zero-order valence-electron chi connectivity index (χ0n) is 8.62. The monoisotopic (exact) mass is 235 g/mol. The number of hydrogen-bond donors (Lipinski definition) is 2. The molecule has 1 aromatic carbocycles. The van der Waals surface area contributed by atoms with E-state index < -0.39 is 0 Å². The molecule has 0 spiro atoms. The van der Waals surface area contributed by atoms with Gasteiger partial charge in [0, 0.05) is 17.5 Å². The average molecular weight is 236 g/mol. The lowest BCUT2D eigenvalue weighted by atomic mass is 10.2. The Labute approximate surface area is 97.7 Å². The predicted molar refractivity (Wildman–Crippen MR) is 63.3 cm³/mol. The summed E-state index contributed by atoms with van der Waals surface area (Å²) in [6, 6.07) is 7.30. The van der Waals surface area contributed by atoms with E-state index in [1.54, 1.807) is 18.3 Å². The van der Waals surface area contributed by atoms with Crippen molar-refractivity contribution in [1.82, 2.24) is 9.97 Å². The van der Waals surface area contributed by atoms with Gasteiger partial charge < -0.3 is 10.3 Å². The van der Waals surface area contributed by atoms with E-state index in [4.69, 9.17) is 11.6 Å². The van der Waals surface area contributed by atoms with E-state index in [2.05, 4.69) is 15.3 Å². The van der Waals surface area contributed by atoms with Crippen LogP contribution in [0, 0.1) is 0 Å². The lowest BCUT2D eigenvalue weighted by molar-refractivity contribution is -0.114. The molecule has 0 fully saturated rings. The minimum atomic E-state index is -0.133. The second-order valence-corrected chi connectivity index (χ2v) is 3.77. The van der Waals surface area contributed by atoms with Gasteiger partial charge in [-0.05, 0) is 24.3 Å². The molecular weight excluding hydrogens is 226 g/mol. The fourth-order valence-electron chi connectivity index (χ4n) is 1.33. The number of hydrogen-bond acceptors (Lipinski definition) is 2. The minimum Gasteiger partial charge on any atom is -0.325 e. The van der Waals surface area contributed by atoms with Crippen LogP contribution in [0.25, 0.3) is 11.4 Å². The molecule has 82 valence electrons. The van der Waals surface area contributed by atoms with Gasteiger partial charge in [0.25, 0.3) is 0 Å². The lowest BCUT2D eigenvalue weighted by Crippen LogP contribution is -2.05. The molecular formula is C11H10ClN3O. The molecule has 0 unspecified atom stereocenters. The van der Waals surface area contributed by atoms with Gasteiger partial charge in [0.15, 0.2) is 0 Å². The minimum absolute atomic E-state index is 0.133. The van der Waals surface area contributed by atoms with Crippen LogP contribution in [0.2, 0.25) is 5.02 Å². The van der Waals surface area contributed by atoms with E-state index in [9.17, 15) is 4.79 Å². The summed E-state index contributed by atoms with van der Waals surface area (Å²) in [7, 11) is 0. The largest absolute Gasteiger partial charge is 0.325 e. The molecule has 1 amide bonds. The first-order valence-electron chi connectivity index (χ1n) is 4.73.